The van der Waals surface area contributed by atoms with E-state index in [4.69, 9.17) is 5.26 Å². The van der Waals surface area contributed by atoms with Gasteiger partial charge >= 0.3 is 0 Å². The van der Waals surface area contributed by atoms with Crippen molar-refractivity contribution in [3.63, 3.8) is 0 Å². The van der Waals surface area contributed by atoms with Crippen molar-refractivity contribution < 1.29 is 4.79 Å². The van der Waals surface area contributed by atoms with Crippen LogP contribution in [0.5, 0.6) is 0 Å². The molecule has 0 heterocycles. The molecule has 0 aliphatic carbocycles. The van der Waals surface area contributed by atoms with Gasteiger partial charge in [0.2, 0.25) is 5.91 Å². The number of carbonyl (C=O) groups is 1. The molecule has 1 amide bonds. The van der Waals surface area contributed by atoms with Crippen molar-refractivity contribution in [2.75, 3.05) is 0 Å². The SMILES string of the molecule is CCCCC(=O)NC(C#N)Cc1ccccc1. The maximum absolute atomic E-state index is 11.5. The summed E-state index contributed by atoms with van der Waals surface area (Å²) < 4.78 is 0. The molecular formula is C14H18N2O. The highest BCUT2D eigenvalue weighted by atomic mass is 16.1. The Morgan fingerprint density at radius 2 is 2.12 bits per heavy atom. The summed E-state index contributed by atoms with van der Waals surface area (Å²) in [5.41, 5.74) is 1.06. The fraction of sp³-hybridized carbons (Fsp3) is 0.429. The van der Waals surface area contributed by atoms with Gasteiger partial charge in [0.05, 0.1) is 6.07 Å². The van der Waals surface area contributed by atoms with E-state index in [9.17, 15) is 4.79 Å². The number of unbranched alkanes of at least 4 members (excludes halogenated alkanes) is 1. The van der Waals surface area contributed by atoms with Crippen LogP contribution in [0.1, 0.15) is 31.7 Å². The fourth-order valence-electron chi connectivity index (χ4n) is 1.58. The predicted molar refractivity (Wildman–Crippen MR) is 67.2 cm³/mol. The number of nitrogens with zero attached hydrogens (tertiary/aromatic N) is 1. The largest absolute Gasteiger partial charge is 0.340 e. The van der Waals surface area contributed by atoms with Crippen LogP contribution in [0.4, 0.5) is 0 Å². The Hall–Kier alpha value is -1.82. The second-order valence-electron chi connectivity index (χ2n) is 4.04. The summed E-state index contributed by atoms with van der Waals surface area (Å²) in [5.74, 6) is -0.0330. The molecule has 1 rings (SSSR count). The van der Waals surface area contributed by atoms with Gasteiger partial charge in [0, 0.05) is 12.8 Å². The second-order valence-corrected chi connectivity index (χ2v) is 4.04. The number of nitrogens with one attached hydrogen (secondary N) is 1. The summed E-state index contributed by atoms with van der Waals surface area (Å²) in [6.07, 6.45) is 2.93. The van der Waals surface area contributed by atoms with Gasteiger partial charge in [0.15, 0.2) is 0 Å². The lowest BCUT2D eigenvalue weighted by Crippen LogP contribution is -2.35. The van der Waals surface area contributed by atoms with Crippen LogP contribution in [0.15, 0.2) is 30.3 Å². The molecule has 0 fully saturated rings. The monoisotopic (exact) mass is 230 g/mol. The molecule has 0 radical (unpaired) electrons. The topological polar surface area (TPSA) is 52.9 Å². The van der Waals surface area contributed by atoms with Gasteiger partial charge in [-0.05, 0) is 12.0 Å². The summed E-state index contributed by atoms with van der Waals surface area (Å²) in [4.78, 5) is 11.5. The number of nitriles is 1. The van der Waals surface area contributed by atoms with Crippen molar-refractivity contribution in [1.29, 1.82) is 5.26 Å². The molecule has 17 heavy (non-hydrogen) atoms. The number of hydrogen-bond donors (Lipinski definition) is 1. The molecule has 0 spiro atoms. The lowest BCUT2D eigenvalue weighted by atomic mass is 10.1. The zero-order chi connectivity index (χ0) is 12.5. The van der Waals surface area contributed by atoms with E-state index in [2.05, 4.69) is 11.4 Å². The summed E-state index contributed by atoms with van der Waals surface area (Å²) >= 11 is 0. The molecule has 90 valence electrons. The van der Waals surface area contributed by atoms with Gasteiger partial charge in [-0.2, -0.15) is 5.26 Å². The third-order valence-electron chi connectivity index (χ3n) is 2.53. The van der Waals surface area contributed by atoms with E-state index in [0.29, 0.717) is 12.8 Å². The molecule has 1 atom stereocenters. The normalized spacial score (nSPS) is 11.5. The molecular weight excluding hydrogens is 212 g/mol. The maximum atomic E-state index is 11.5. The molecule has 0 saturated heterocycles. The lowest BCUT2D eigenvalue weighted by Gasteiger charge is -2.11. The Kier molecular flexibility index (Phi) is 5.81. The van der Waals surface area contributed by atoms with E-state index in [1.54, 1.807) is 0 Å². The summed E-state index contributed by atoms with van der Waals surface area (Å²) in [5, 5.41) is 11.7. The van der Waals surface area contributed by atoms with Crippen LogP contribution in [-0.4, -0.2) is 11.9 Å². The van der Waals surface area contributed by atoms with Gasteiger partial charge in [-0.3, -0.25) is 4.79 Å². The van der Waals surface area contributed by atoms with E-state index >= 15 is 0 Å². The zero-order valence-electron chi connectivity index (χ0n) is 10.1. The third-order valence-corrected chi connectivity index (χ3v) is 2.53. The minimum Gasteiger partial charge on any atom is -0.340 e. The van der Waals surface area contributed by atoms with Crippen molar-refractivity contribution in [2.45, 2.75) is 38.6 Å². The Balaban J connectivity index is 2.45. The van der Waals surface area contributed by atoms with E-state index in [1.807, 2.05) is 37.3 Å². The predicted octanol–water partition coefficient (Wildman–Crippen LogP) is 2.43. The van der Waals surface area contributed by atoms with Gasteiger partial charge in [-0.15, -0.1) is 0 Å². The first-order chi connectivity index (χ1) is 8.26. The Labute approximate surface area is 102 Å². The van der Waals surface area contributed by atoms with Crippen molar-refractivity contribution in [3.8, 4) is 6.07 Å². The zero-order valence-corrected chi connectivity index (χ0v) is 10.1. The van der Waals surface area contributed by atoms with Crippen LogP contribution in [0.25, 0.3) is 0 Å². The number of benzene rings is 1. The van der Waals surface area contributed by atoms with Crippen molar-refractivity contribution in [2.24, 2.45) is 0 Å². The van der Waals surface area contributed by atoms with Crippen molar-refractivity contribution >= 4 is 5.91 Å². The van der Waals surface area contributed by atoms with Gasteiger partial charge in [-0.1, -0.05) is 43.7 Å². The highest BCUT2D eigenvalue weighted by Gasteiger charge is 2.11. The minimum absolute atomic E-state index is 0.0330. The molecule has 3 nitrogen and oxygen atoms in total. The number of rotatable bonds is 6. The minimum atomic E-state index is -0.429. The number of hydrogen-bond acceptors (Lipinski definition) is 2. The number of carbonyl (C=O) groups excluding carboxylic acids is 1. The van der Waals surface area contributed by atoms with Crippen molar-refractivity contribution in [3.05, 3.63) is 35.9 Å². The number of amides is 1. The molecule has 3 heteroatoms. The molecule has 0 bridgehead atoms. The molecule has 1 aromatic rings. The lowest BCUT2D eigenvalue weighted by molar-refractivity contribution is -0.121. The molecule has 0 saturated carbocycles. The standard InChI is InChI=1S/C14H18N2O/c1-2-3-9-14(17)16-13(11-15)10-12-7-5-4-6-8-12/h4-8,13H,2-3,9-10H2,1H3,(H,16,17). The van der Waals surface area contributed by atoms with Gasteiger partial charge < -0.3 is 5.32 Å². The summed E-state index contributed by atoms with van der Waals surface area (Å²) in [7, 11) is 0. The van der Waals surface area contributed by atoms with E-state index in [0.717, 1.165) is 18.4 Å². The maximum Gasteiger partial charge on any atom is 0.221 e. The van der Waals surface area contributed by atoms with Crippen LogP contribution in [0.2, 0.25) is 0 Å². The smallest absolute Gasteiger partial charge is 0.221 e. The van der Waals surface area contributed by atoms with E-state index in [-0.39, 0.29) is 5.91 Å². The fourth-order valence-corrected chi connectivity index (χ4v) is 1.58. The van der Waals surface area contributed by atoms with Crippen LogP contribution in [-0.2, 0) is 11.2 Å². The molecule has 0 aliphatic heterocycles. The average molecular weight is 230 g/mol. The quantitative estimate of drug-likeness (QED) is 0.816. The van der Waals surface area contributed by atoms with Crippen LogP contribution in [0.3, 0.4) is 0 Å². The van der Waals surface area contributed by atoms with Gasteiger partial charge in [-0.25, -0.2) is 0 Å². The first kappa shape index (κ1) is 13.2. The first-order valence-electron chi connectivity index (χ1n) is 5.99. The molecule has 1 N–H and O–H groups in total. The molecule has 0 aliphatic rings. The summed E-state index contributed by atoms with van der Waals surface area (Å²) in [6, 6.07) is 11.4. The van der Waals surface area contributed by atoms with Crippen LogP contribution < -0.4 is 5.32 Å². The van der Waals surface area contributed by atoms with E-state index < -0.39 is 6.04 Å². The Morgan fingerprint density at radius 1 is 1.41 bits per heavy atom. The average Bonchev–Trinajstić information content (AvgIpc) is 2.36. The van der Waals surface area contributed by atoms with Crippen molar-refractivity contribution in [1.82, 2.24) is 5.32 Å². The van der Waals surface area contributed by atoms with Crippen LogP contribution in [0, 0.1) is 11.3 Å². The van der Waals surface area contributed by atoms with Crippen LogP contribution >= 0.6 is 0 Å². The molecule has 0 aromatic heterocycles. The summed E-state index contributed by atoms with van der Waals surface area (Å²) in [6.45, 7) is 2.04. The second kappa shape index (κ2) is 7.45. The molecule has 1 unspecified atom stereocenters. The Bertz CT molecular complexity index is 381. The highest BCUT2D eigenvalue weighted by molar-refractivity contribution is 5.76. The van der Waals surface area contributed by atoms with E-state index in [1.165, 1.54) is 0 Å². The molecule has 1 aromatic carbocycles. The van der Waals surface area contributed by atoms with Gasteiger partial charge in [0.25, 0.3) is 0 Å². The Morgan fingerprint density at radius 3 is 2.71 bits per heavy atom. The van der Waals surface area contributed by atoms with Gasteiger partial charge in [0.1, 0.15) is 6.04 Å². The third kappa shape index (κ3) is 5.17. The first-order valence-corrected chi connectivity index (χ1v) is 5.99. The highest BCUT2D eigenvalue weighted by Crippen LogP contribution is 2.03.